The average molecular weight is 231 g/mol. The number of hydrogen-bond acceptors (Lipinski definition) is 3. The number of nitrogen functional groups attached to an aromatic ring is 1. The van der Waals surface area contributed by atoms with Gasteiger partial charge in [-0.05, 0) is 30.9 Å². The smallest absolute Gasteiger partial charge is 0.113 e. The predicted molar refractivity (Wildman–Crippen MR) is 66.9 cm³/mol. The summed E-state index contributed by atoms with van der Waals surface area (Å²) in [6.07, 6.45) is 7.21. The molecule has 2 aromatic heterocycles. The molecule has 0 saturated carbocycles. The molecule has 0 spiro atoms. The molecule has 1 aliphatic rings. The summed E-state index contributed by atoms with van der Waals surface area (Å²) in [6.45, 7) is 1.78. The van der Waals surface area contributed by atoms with Crippen molar-refractivity contribution in [3.63, 3.8) is 0 Å². The van der Waals surface area contributed by atoms with E-state index in [1.165, 1.54) is 0 Å². The molecule has 1 saturated heterocycles. The summed E-state index contributed by atoms with van der Waals surface area (Å²) in [7, 11) is 0. The molecule has 0 atom stereocenters. The van der Waals surface area contributed by atoms with Gasteiger partial charge in [0, 0.05) is 31.5 Å². The normalized spacial score (nSPS) is 17.6. The minimum atomic E-state index is 0.701. The van der Waals surface area contributed by atoms with E-state index in [1.54, 1.807) is 0 Å². The Balaban J connectivity index is 1.84. The number of ether oxygens (including phenoxy) is 1. The molecule has 0 unspecified atom stereocenters. The fourth-order valence-corrected chi connectivity index (χ4v) is 2.43. The van der Waals surface area contributed by atoms with E-state index in [1.807, 2.05) is 24.5 Å². The minimum absolute atomic E-state index is 0.701. The summed E-state index contributed by atoms with van der Waals surface area (Å²) in [4.78, 5) is 4.50. The number of hydrogen-bond donors (Lipinski definition) is 1. The average Bonchev–Trinajstić information content (AvgIpc) is 2.73. The van der Waals surface area contributed by atoms with Crippen molar-refractivity contribution >= 4 is 11.2 Å². The van der Waals surface area contributed by atoms with E-state index in [4.69, 9.17) is 10.5 Å². The van der Waals surface area contributed by atoms with Gasteiger partial charge < -0.3 is 14.9 Å². The van der Waals surface area contributed by atoms with Gasteiger partial charge in [-0.25, -0.2) is 4.98 Å². The molecule has 0 radical (unpaired) electrons. The van der Waals surface area contributed by atoms with Crippen LogP contribution in [0.15, 0.2) is 24.5 Å². The van der Waals surface area contributed by atoms with Crippen molar-refractivity contribution in [1.82, 2.24) is 9.38 Å². The van der Waals surface area contributed by atoms with Crippen LogP contribution in [-0.2, 0) is 11.2 Å². The summed E-state index contributed by atoms with van der Waals surface area (Å²) in [5.41, 5.74) is 7.62. The molecule has 4 heteroatoms. The van der Waals surface area contributed by atoms with Gasteiger partial charge in [-0.3, -0.25) is 0 Å². The first-order valence-electron chi connectivity index (χ1n) is 6.12. The fourth-order valence-electron chi connectivity index (χ4n) is 2.43. The number of anilines is 1. The zero-order chi connectivity index (χ0) is 11.7. The first-order valence-corrected chi connectivity index (χ1v) is 6.12. The monoisotopic (exact) mass is 231 g/mol. The quantitative estimate of drug-likeness (QED) is 0.858. The zero-order valence-corrected chi connectivity index (χ0v) is 9.80. The van der Waals surface area contributed by atoms with Crippen LogP contribution in [-0.4, -0.2) is 22.6 Å². The number of nitrogens with zero attached hydrogens (tertiary/aromatic N) is 2. The highest BCUT2D eigenvalue weighted by atomic mass is 16.5. The van der Waals surface area contributed by atoms with E-state index in [-0.39, 0.29) is 0 Å². The number of imidazole rings is 1. The third kappa shape index (κ3) is 2.13. The lowest BCUT2D eigenvalue weighted by molar-refractivity contribution is 0.0659. The molecule has 2 aromatic rings. The second kappa shape index (κ2) is 4.37. The molecule has 3 rings (SSSR count). The van der Waals surface area contributed by atoms with Crippen LogP contribution in [0.25, 0.3) is 5.52 Å². The Hall–Kier alpha value is -1.55. The van der Waals surface area contributed by atoms with E-state index in [9.17, 15) is 0 Å². The second-order valence-electron chi connectivity index (χ2n) is 4.69. The van der Waals surface area contributed by atoms with Crippen LogP contribution < -0.4 is 5.73 Å². The summed E-state index contributed by atoms with van der Waals surface area (Å²) >= 11 is 0. The lowest BCUT2D eigenvalue weighted by Crippen LogP contribution is -2.18. The SMILES string of the molecule is Nc1ccn2c(CC3CCOCC3)ncc2c1. The molecule has 0 amide bonds. The number of nitrogens with two attached hydrogens (primary N) is 1. The van der Waals surface area contributed by atoms with Crippen molar-refractivity contribution < 1.29 is 4.74 Å². The van der Waals surface area contributed by atoms with Crippen molar-refractivity contribution in [3.8, 4) is 0 Å². The van der Waals surface area contributed by atoms with Gasteiger partial charge in [-0.2, -0.15) is 0 Å². The first kappa shape index (κ1) is 10.6. The second-order valence-corrected chi connectivity index (χ2v) is 4.69. The lowest BCUT2D eigenvalue weighted by atomic mass is 9.96. The van der Waals surface area contributed by atoms with Gasteiger partial charge in [0.05, 0.1) is 11.7 Å². The first-order chi connectivity index (χ1) is 8.33. The van der Waals surface area contributed by atoms with Gasteiger partial charge in [0.15, 0.2) is 0 Å². The Morgan fingerprint density at radius 3 is 3.06 bits per heavy atom. The summed E-state index contributed by atoms with van der Waals surface area (Å²) < 4.78 is 7.51. The zero-order valence-electron chi connectivity index (χ0n) is 9.80. The molecule has 1 aliphatic heterocycles. The molecule has 1 fully saturated rings. The van der Waals surface area contributed by atoms with E-state index < -0.39 is 0 Å². The number of pyridine rings is 1. The van der Waals surface area contributed by atoms with Crippen molar-refractivity contribution in [2.45, 2.75) is 19.3 Å². The summed E-state index contributed by atoms with van der Waals surface area (Å²) in [5, 5.41) is 0. The van der Waals surface area contributed by atoms with E-state index in [0.29, 0.717) is 5.92 Å². The Kier molecular flexibility index (Phi) is 2.73. The maximum absolute atomic E-state index is 5.76. The molecule has 17 heavy (non-hydrogen) atoms. The van der Waals surface area contributed by atoms with Crippen LogP contribution in [0, 0.1) is 5.92 Å². The third-order valence-electron chi connectivity index (χ3n) is 3.44. The van der Waals surface area contributed by atoms with Crippen LogP contribution in [0.5, 0.6) is 0 Å². The molecule has 0 bridgehead atoms. The number of fused-ring (bicyclic) bond motifs is 1. The number of rotatable bonds is 2. The molecular weight excluding hydrogens is 214 g/mol. The molecular formula is C13H17N3O. The Bertz CT molecular complexity index is 514. The highest BCUT2D eigenvalue weighted by Gasteiger charge is 2.16. The van der Waals surface area contributed by atoms with Gasteiger partial charge in [-0.1, -0.05) is 0 Å². The maximum Gasteiger partial charge on any atom is 0.113 e. The van der Waals surface area contributed by atoms with Crippen molar-refractivity contribution in [1.29, 1.82) is 0 Å². The van der Waals surface area contributed by atoms with Crippen LogP contribution in [0.3, 0.4) is 0 Å². The van der Waals surface area contributed by atoms with E-state index in [0.717, 1.165) is 49.5 Å². The van der Waals surface area contributed by atoms with E-state index >= 15 is 0 Å². The van der Waals surface area contributed by atoms with E-state index in [2.05, 4.69) is 9.38 Å². The summed E-state index contributed by atoms with van der Waals surface area (Å²) in [6, 6.07) is 3.88. The molecule has 4 nitrogen and oxygen atoms in total. The lowest BCUT2D eigenvalue weighted by Gasteiger charge is -2.21. The fraction of sp³-hybridized carbons (Fsp3) is 0.462. The van der Waals surface area contributed by atoms with Crippen LogP contribution in [0.4, 0.5) is 5.69 Å². The topological polar surface area (TPSA) is 52.5 Å². The largest absolute Gasteiger partial charge is 0.399 e. The van der Waals surface area contributed by atoms with Gasteiger partial charge in [-0.15, -0.1) is 0 Å². The Morgan fingerprint density at radius 1 is 1.41 bits per heavy atom. The van der Waals surface area contributed by atoms with Gasteiger partial charge in [0.2, 0.25) is 0 Å². The number of aromatic nitrogens is 2. The molecule has 3 heterocycles. The maximum atomic E-state index is 5.76. The highest BCUT2D eigenvalue weighted by molar-refractivity contribution is 5.55. The standard InChI is InChI=1S/C13H17N3O/c14-11-1-4-16-12(8-11)9-15-13(16)7-10-2-5-17-6-3-10/h1,4,8-10H,2-3,5-7,14H2. The van der Waals surface area contributed by atoms with Crippen LogP contribution in [0.1, 0.15) is 18.7 Å². The third-order valence-corrected chi connectivity index (χ3v) is 3.44. The molecule has 2 N–H and O–H groups in total. The van der Waals surface area contributed by atoms with Gasteiger partial charge in [0.25, 0.3) is 0 Å². The van der Waals surface area contributed by atoms with Gasteiger partial charge >= 0.3 is 0 Å². The molecule has 90 valence electrons. The minimum Gasteiger partial charge on any atom is -0.399 e. The Morgan fingerprint density at radius 2 is 2.24 bits per heavy atom. The summed E-state index contributed by atoms with van der Waals surface area (Å²) in [5.74, 6) is 1.83. The van der Waals surface area contributed by atoms with Crippen molar-refractivity contribution in [3.05, 3.63) is 30.4 Å². The molecule has 0 aliphatic carbocycles. The Labute approximate surface area is 100 Å². The van der Waals surface area contributed by atoms with Crippen LogP contribution >= 0.6 is 0 Å². The highest BCUT2D eigenvalue weighted by Crippen LogP contribution is 2.20. The van der Waals surface area contributed by atoms with Crippen molar-refractivity contribution in [2.75, 3.05) is 18.9 Å². The predicted octanol–water partition coefficient (Wildman–Crippen LogP) is 1.89. The van der Waals surface area contributed by atoms with Crippen molar-refractivity contribution in [2.24, 2.45) is 5.92 Å². The van der Waals surface area contributed by atoms with Crippen LogP contribution in [0.2, 0.25) is 0 Å². The van der Waals surface area contributed by atoms with Gasteiger partial charge in [0.1, 0.15) is 5.82 Å². The molecule has 0 aromatic carbocycles.